The number of hydrogen-bond acceptors (Lipinski definition) is 1. The summed E-state index contributed by atoms with van der Waals surface area (Å²) in [7, 11) is 2.30. The van der Waals surface area contributed by atoms with Crippen molar-refractivity contribution >= 4 is 0 Å². The van der Waals surface area contributed by atoms with Crippen molar-refractivity contribution in [2.24, 2.45) is 5.92 Å². The van der Waals surface area contributed by atoms with E-state index in [9.17, 15) is 0 Å². The van der Waals surface area contributed by atoms with Gasteiger partial charge in [0.15, 0.2) is 0 Å². The van der Waals surface area contributed by atoms with Crippen LogP contribution in [0.1, 0.15) is 19.3 Å². The van der Waals surface area contributed by atoms with E-state index in [2.05, 4.69) is 41.0 Å². The first kappa shape index (κ1) is 8.54. The fourth-order valence-corrected chi connectivity index (χ4v) is 3.36. The SMILES string of the molecule is CN1[C@H]2CC[C@@H]1[C@@H](Cn1cccc1)C2. The summed E-state index contributed by atoms with van der Waals surface area (Å²) in [5, 5.41) is 0. The molecule has 0 aliphatic carbocycles. The fourth-order valence-electron chi connectivity index (χ4n) is 3.36. The van der Waals surface area contributed by atoms with Crippen molar-refractivity contribution in [2.75, 3.05) is 7.05 Å². The Labute approximate surface area is 85.5 Å². The summed E-state index contributed by atoms with van der Waals surface area (Å²) in [6.45, 7) is 1.22. The van der Waals surface area contributed by atoms with Gasteiger partial charge in [-0.2, -0.15) is 0 Å². The number of fused-ring (bicyclic) bond motifs is 2. The molecule has 3 heterocycles. The lowest BCUT2D eigenvalue weighted by atomic mass is 9.89. The van der Waals surface area contributed by atoms with Crippen molar-refractivity contribution in [3.05, 3.63) is 24.5 Å². The van der Waals surface area contributed by atoms with Crippen LogP contribution in [-0.4, -0.2) is 28.6 Å². The van der Waals surface area contributed by atoms with Gasteiger partial charge in [0.1, 0.15) is 0 Å². The molecule has 2 heteroatoms. The molecule has 2 saturated heterocycles. The monoisotopic (exact) mass is 190 g/mol. The van der Waals surface area contributed by atoms with Crippen LogP contribution in [0.5, 0.6) is 0 Å². The zero-order valence-corrected chi connectivity index (χ0v) is 8.76. The molecule has 2 fully saturated rings. The Morgan fingerprint density at radius 2 is 2.00 bits per heavy atom. The van der Waals surface area contributed by atoms with Crippen LogP contribution >= 0.6 is 0 Å². The van der Waals surface area contributed by atoms with E-state index in [0.717, 1.165) is 18.0 Å². The minimum absolute atomic E-state index is 0.863. The lowest BCUT2D eigenvalue weighted by Crippen LogP contribution is -2.27. The molecule has 0 radical (unpaired) electrons. The molecule has 2 aliphatic heterocycles. The molecular weight excluding hydrogens is 172 g/mol. The predicted molar refractivity (Wildman–Crippen MR) is 57.1 cm³/mol. The van der Waals surface area contributed by atoms with Crippen LogP contribution in [0.25, 0.3) is 0 Å². The standard InChI is InChI=1S/C12H18N2/c1-13-11-4-5-12(13)10(8-11)9-14-6-2-3-7-14/h2-3,6-7,10-12H,4-5,8-9H2,1H3/t10-,11+,12-/m1/s1. The largest absolute Gasteiger partial charge is 0.354 e. The molecule has 3 rings (SSSR count). The van der Waals surface area contributed by atoms with Gasteiger partial charge in [0.25, 0.3) is 0 Å². The number of hydrogen-bond donors (Lipinski definition) is 0. The van der Waals surface area contributed by atoms with E-state index in [1.165, 1.54) is 25.8 Å². The molecule has 0 unspecified atom stereocenters. The lowest BCUT2D eigenvalue weighted by Gasteiger charge is -2.21. The van der Waals surface area contributed by atoms with Crippen molar-refractivity contribution in [1.82, 2.24) is 9.47 Å². The van der Waals surface area contributed by atoms with Crippen molar-refractivity contribution in [3.63, 3.8) is 0 Å². The minimum atomic E-state index is 0.863. The summed E-state index contributed by atoms with van der Waals surface area (Å²) in [4.78, 5) is 2.61. The van der Waals surface area contributed by atoms with Crippen molar-refractivity contribution in [2.45, 2.75) is 37.9 Å². The maximum Gasteiger partial charge on any atom is 0.0263 e. The van der Waals surface area contributed by atoms with E-state index >= 15 is 0 Å². The van der Waals surface area contributed by atoms with Gasteiger partial charge in [-0.25, -0.2) is 0 Å². The van der Waals surface area contributed by atoms with Crippen LogP contribution < -0.4 is 0 Å². The van der Waals surface area contributed by atoms with Gasteiger partial charge in [0, 0.05) is 31.0 Å². The summed E-state index contributed by atoms with van der Waals surface area (Å²) < 4.78 is 2.33. The van der Waals surface area contributed by atoms with Crippen LogP contribution in [0.2, 0.25) is 0 Å². The summed E-state index contributed by atoms with van der Waals surface area (Å²) in [5.41, 5.74) is 0. The highest BCUT2D eigenvalue weighted by molar-refractivity contribution is 5.00. The fraction of sp³-hybridized carbons (Fsp3) is 0.667. The normalized spacial score (nSPS) is 36.8. The molecule has 0 amide bonds. The Hall–Kier alpha value is -0.760. The van der Waals surface area contributed by atoms with Crippen LogP contribution in [0, 0.1) is 5.92 Å². The summed E-state index contributed by atoms with van der Waals surface area (Å²) in [6, 6.07) is 6.00. The second kappa shape index (κ2) is 3.13. The summed E-state index contributed by atoms with van der Waals surface area (Å²) >= 11 is 0. The van der Waals surface area contributed by atoms with Gasteiger partial charge in [0.05, 0.1) is 0 Å². The van der Waals surface area contributed by atoms with E-state index in [0.29, 0.717) is 0 Å². The van der Waals surface area contributed by atoms with E-state index < -0.39 is 0 Å². The molecule has 2 nitrogen and oxygen atoms in total. The quantitative estimate of drug-likeness (QED) is 0.692. The third kappa shape index (κ3) is 1.21. The first-order valence-corrected chi connectivity index (χ1v) is 5.67. The number of nitrogens with zero attached hydrogens (tertiary/aromatic N) is 2. The van der Waals surface area contributed by atoms with Gasteiger partial charge in [-0.15, -0.1) is 0 Å². The third-order valence-corrected chi connectivity index (χ3v) is 4.13. The van der Waals surface area contributed by atoms with E-state index in [4.69, 9.17) is 0 Å². The zero-order chi connectivity index (χ0) is 9.54. The molecule has 0 spiro atoms. The van der Waals surface area contributed by atoms with Gasteiger partial charge in [-0.1, -0.05) is 0 Å². The molecule has 2 bridgehead atoms. The van der Waals surface area contributed by atoms with Crippen LogP contribution in [0.3, 0.4) is 0 Å². The molecule has 0 saturated carbocycles. The molecule has 1 aromatic rings. The molecule has 1 aromatic heterocycles. The smallest absolute Gasteiger partial charge is 0.0263 e. The maximum absolute atomic E-state index is 2.61. The lowest BCUT2D eigenvalue weighted by molar-refractivity contribution is 0.276. The molecule has 3 atom stereocenters. The Kier molecular flexibility index (Phi) is 1.91. The molecule has 14 heavy (non-hydrogen) atoms. The van der Waals surface area contributed by atoms with E-state index in [1.54, 1.807) is 0 Å². The minimum Gasteiger partial charge on any atom is -0.354 e. The highest BCUT2D eigenvalue weighted by atomic mass is 15.2. The number of rotatable bonds is 2. The van der Waals surface area contributed by atoms with Gasteiger partial charge >= 0.3 is 0 Å². The Bertz CT molecular complexity index is 304. The van der Waals surface area contributed by atoms with Crippen molar-refractivity contribution in [3.8, 4) is 0 Å². The van der Waals surface area contributed by atoms with Gasteiger partial charge in [0.2, 0.25) is 0 Å². The zero-order valence-electron chi connectivity index (χ0n) is 8.76. The molecule has 2 aliphatic rings. The topological polar surface area (TPSA) is 8.17 Å². The van der Waals surface area contributed by atoms with Gasteiger partial charge in [-0.3, -0.25) is 0 Å². The summed E-state index contributed by atoms with van der Waals surface area (Å²) in [6.07, 6.45) is 8.65. The van der Waals surface area contributed by atoms with Crippen LogP contribution in [0.4, 0.5) is 0 Å². The van der Waals surface area contributed by atoms with Crippen LogP contribution in [0.15, 0.2) is 24.5 Å². The molecule has 0 aromatic carbocycles. The van der Waals surface area contributed by atoms with Gasteiger partial charge in [-0.05, 0) is 44.4 Å². The Morgan fingerprint density at radius 3 is 2.57 bits per heavy atom. The number of aromatic nitrogens is 1. The van der Waals surface area contributed by atoms with Crippen molar-refractivity contribution < 1.29 is 0 Å². The average molecular weight is 190 g/mol. The maximum atomic E-state index is 2.61. The van der Waals surface area contributed by atoms with E-state index in [1.807, 2.05) is 0 Å². The van der Waals surface area contributed by atoms with Crippen molar-refractivity contribution in [1.29, 1.82) is 0 Å². The predicted octanol–water partition coefficient (Wildman–Crippen LogP) is 1.97. The van der Waals surface area contributed by atoms with Gasteiger partial charge < -0.3 is 9.47 Å². The molecule has 0 N–H and O–H groups in total. The summed E-state index contributed by atoms with van der Waals surface area (Å²) in [5.74, 6) is 0.895. The second-order valence-electron chi connectivity index (χ2n) is 4.84. The third-order valence-electron chi connectivity index (χ3n) is 4.13. The average Bonchev–Trinajstić information content (AvgIpc) is 2.85. The highest BCUT2D eigenvalue weighted by Gasteiger charge is 2.43. The first-order valence-electron chi connectivity index (χ1n) is 5.67. The second-order valence-corrected chi connectivity index (χ2v) is 4.84. The van der Waals surface area contributed by atoms with E-state index in [-0.39, 0.29) is 0 Å². The Morgan fingerprint density at radius 1 is 1.21 bits per heavy atom. The Balaban J connectivity index is 1.71. The molecule has 76 valence electrons. The van der Waals surface area contributed by atoms with Crippen LogP contribution in [-0.2, 0) is 6.54 Å². The highest BCUT2D eigenvalue weighted by Crippen LogP contribution is 2.40. The molecular formula is C12H18N2. The first-order chi connectivity index (χ1) is 6.84.